The first-order valence-electron chi connectivity index (χ1n) is 6.39. The van der Waals surface area contributed by atoms with Gasteiger partial charge in [0.05, 0.1) is 5.69 Å². The van der Waals surface area contributed by atoms with Crippen LogP contribution in [0.25, 0.3) is 10.8 Å². The van der Waals surface area contributed by atoms with Crippen LogP contribution in [0.4, 0.5) is 5.69 Å². The highest BCUT2D eigenvalue weighted by Gasteiger charge is 2.26. The van der Waals surface area contributed by atoms with Crippen LogP contribution in [0.15, 0.2) is 60.0 Å². The zero-order valence-electron chi connectivity index (χ0n) is 11.5. The van der Waals surface area contributed by atoms with Gasteiger partial charge < -0.3 is 9.64 Å². The third-order valence-electron chi connectivity index (χ3n) is 3.67. The molecule has 0 radical (unpaired) electrons. The summed E-state index contributed by atoms with van der Waals surface area (Å²) in [6.45, 7) is 8.04. The molecule has 0 aromatic heterocycles. The minimum atomic E-state index is 0.874. The quantitative estimate of drug-likeness (QED) is 0.741. The van der Waals surface area contributed by atoms with Gasteiger partial charge in [0.15, 0.2) is 5.75 Å². The third-order valence-corrected chi connectivity index (χ3v) is 3.67. The van der Waals surface area contributed by atoms with Gasteiger partial charge in [0.2, 0.25) is 5.88 Å². The van der Waals surface area contributed by atoms with Gasteiger partial charge in [0.25, 0.3) is 0 Å². The lowest BCUT2D eigenvalue weighted by molar-refractivity contribution is 0.438. The van der Waals surface area contributed by atoms with E-state index in [9.17, 15) is 0 Å². The Bertz CT molecular complexity index is 712. The standard InChI is InChI=1S/C17H17NO/c1-11(2)12(3)17-18(4)16-14-8-6-5-7-13(14)9-10-15(16)19-17/h5-10H,1H2,2-4H3/b17-12+. The Balaban J connectivity index is 2.25. The lowest BCUT2D eigenvalue weighted by Crippen LogP contribution is -2.15. The number of anilines is 1. The highest BCUT2D eigenvalue weighted by atomic mass is 16.5. The van der Waals surface area contributed by atoms with E-state index in [2.05, 4.69) is 41.8 Å². The molecule has 2 aromatic rings. The van der Waals surface area contributed by atoms with Crippen molar-refractivity contribution in [1.29, 1.82) is 0 Å². The van der Waals surface area contributed by atoms with Crippen LogP contribution in [0.5, 0.6) is 5.75 Å². The molecule has 0 spiro atoms. The Kier molecular flexibility index (Phi) is 2.59. The Morgan fingerprint density at radius 3 is 2.58 bits per heavy atom. The Morgan fingerprint density at radius 2 is 1.84 bits per heavy atom. The zero-order chi connectivity index (χ0) is 13.6. The molecule has 0 bridgehead atoms. The van der Waals surface area contributed by atoms with Crippen LogP contribution in [0.1, 0.15) is 13.8 Å². The van der Waals surface area contributed by atoms with E-state index in [1.165, 1.54) is 10.8 Å². The van der Waals surface area contributed by atoms with Crippen molar-refractivity contribution < 1.29 is 4.74 Å². The second kappa shape index (κ2) is 4.16. The monoisotopic (exact) mass is 251 g/mol. The van der Waals surface area contributed by atoms with Crippen molar-refractivity contribution in [2.24, 2.45) is 0 Å². The summed E-state index contributed by atoms with van der Waals surface area (Å²) in [5.41, 5.74) is 3.25. The van der Waals surface area contributed by atoms with Crippen LogP contribution in [0.2, 0.25) is 0 Å². The van der Waals surface area contributed by atoms with Gasteiger partial charge in [-0.05, 0) is 25.3 Å². The predicted octanol–water partition coefficient (Wildman–Crippen LogP) is 4.48. The molecular weight excluding hydrogens is 234 g/mol. The van der Waals surface area contributed by atoms with E-state index in [0.29, 0.717) is 0 Å². The van der Waals surface area contributed by atoms with Crippen molar-refractivity contribution in [2.75, 3.05) is 11.9 Å². The van der Waals surface area contributed by atoms with Gasteiger partial charge >= 0.3 is 0 Å². The first-order valence-corrected chi connectivity index (χ1v) is 6.39. The molecule has 2 nitrogen and oxygen atoms in total. The van der Waals surface area contributed by atoms with Crippen molar-refractivity contribution in [1.82, 2.24) is 0 Å². The lowest BCUT2D eigenvalue weighted by Gasteiger charge is -2.15. The maximum Gasteiger partial charge on any atom is 0.203 e. The average molecular weight is 251 g/mol. The number of ether oxygens (including phenoxy) is 1. The van der Waals surface area contributed by atoms with E-state index in [4.69, 9.17) is 4.74 Å². The number of fused-ring (bicyclic) bond motifs is 3. The normalized spacial score (nSPS) is 16.3. The summed E-state index contributed by atoms with van der Waals surface area (Å²) in [5.74, 6) is 1.79. The highest BCUT2D eigenvalue weighted by Crippen LogP contribution is 2.44. The molecule has 1 aliphatic rings. The van der Waals surface area contributed by atoms with Crippen LogP contribution in [-0.2, 0) is 0 Å². The molecular formula is C17H17NO. The number of hydrogen-bond acceptors (Lipinski definition) is 2. The largest absolute Gasteiger partial charge is 0.438 e. The third kappa shape index (κ3) is 1.72. The summed E-state index contributed by atoms with van der Waals surface area (Å²) >= 11 is 0. The number of allylic oxidation sites excluding steroid dienone is 2. The second-order valence-corrected chi connectivity index (χ2v) is 5.01. The minimum Gasteiger partial charge on any atom is -0.438 e. The highest BCUT2D eigenvalue weighted by molar-refractivity contribution is 5.99. The van der Waals surface area contributed by atoms with Crippen molar-refractivity contribution in [3.05, 3.63) is 60.0 Å². The van der Waals surface area contributed by atoms with Crippen LogP contribution < -0.4 is 9.64 Å². The van der Waals surface area contributed by atoms with Gasteiger partial charge in [0, 0.05) is 18.0 Å². The van der Waals surface area contributed by atoms with Crippen molar-refractivity contribution in [3.8, 4) is 5.75 Å². The van der Waals surface area contributed by atoms with Gasteiger partial charge in [-0.1, -0.05) is 42.5 Å². The molecule has 0 unspecified atom stereocenters. The summed E-state index contributed by atoms with van der Waals surface area (Å²) in [4.78, 5) is 2.11. The second-order valence-electron chi connectivity index (χ2n) is 5.01. The van der Waals surface area contributed by atoms with Crippen molar-refractivity contribution >= 4 is 16.5 Å². The molecule has 3 rings (SSSR count). The lowest BCUT2D eigenvalue weighted by atomic mass is 10.1. The first-order chi connectivity index (χ1) is 9.09. The van der Waals surface area contributed by atoms with Crippen LogP contribution in [-0.4, -0.2) is 7.05 Å². The molecule has 0 aliphatic carbocycles. The first kappa shape index (κ1) is 11.8. The minimum absolute atomic E-state index is 0.874. The zero-order valence-corrected chi connectivity index (χ0v) is 11.5. The summed E-state index contributed by atoms with van der Waals surface area (Å²) in [5, 5.41) is 2.44. The molecule has 2 aromatic carbocycles. The van der Waals surface area contributed by atoms with Crippen LogP contribution in [0.3, 0.4) is 0 Å². The van der Waals surface area contributed by atoms with Crippen LogP contribution >= 0.6 is 0 Å². The van der Waals surface area contributed by atoms with E-state index in [0.717, 1.165) is 28.5 Å². The van der Waals surface area contributed by atoms with Gasteiger partial charge in [-0.25, -0.2) is 0 Å². The molecule has 0 amide bonds. The SMILES string of the molecule is C=C(C)/C(C)=C1/Oc2ccc3ccccc3c2N1C. The van der Waals surface area contributed by atoms with Crippen molar-refractivity contribution in [3.63, 3.8) is 0 Å². The van der Waals surface area contributed by atoms with E-state index in [-0.39, 0.29) is 0 Å². The summed E-state index contributed by atoms with van der Waals surface area (Å²) in [6, 6.07) is 12.5. The fraction of sp³-hybridized carbons (Fsp3) is 0.176. The summed E-state index contributed by atoms with van der Waals surface area (Å²) < 4.78 is 6.00. The topological polar surface area (TPSA) is 12.5 Å². The van der Waals surface area contributed by atoms with Crippen molar-refractivity contribution in [2.45, 2.75) is 13.8 Å². The molecule has 2 heteroatoms. The fourth-order valence-electron chi connectivity index (χ4n) is 2.45. The molecule has 1 heterocycles. The van der Waals surface area contributed by atoms with E-state index >= 15 is 0 Å². The molecule has 0 saturated carbocycles. The average Bonchev–Trinajstić information content (AvgIpc) is 2.75. The molecule has 0 N–H and O–H groups in total. The number of nitrogens with zero attached hydrogens (tertiary/aromatic N) is 1. The van der Waals surface area contributed by atoms with Gasteiger partial charge in [0.1, 0.15) is 0 Å². The van der Waals surface area contributed by atoms with E-state index in [1.807, 2.05) is 27.0 Å². The van der Waals surface area contributed by atoms with Gasteiger partial charge in [-0.2, -0.15) is 0 Å². The predicted molar refractivity (Wildman–Crippen MR) is 80.5 cm³/mol. The fourth-order valence-corrected chi connectivity index (χ4v) is 2.45. The maximum atomic E-state index is 6.00. The number of rotatable bonds is 1. The smallest absolute Gasteiger partial charge is 0.203 e. The number of benzene rings is 2. The Morgan fingerprint density at radius 1 is 1.11 bits per heavy atom. The summed E-state index contributed by atoms with van der Waals surface area (Å²) in [6.07, 6.45) is 0. The van der Waals surface area contributed by atoms with Gasteiger partial charge in [-0.15, -0.1) is 0 Å². The maximum absolute atomic E-state index is 6.00. The molecule has 19 heavy (non-hydrogen) atoms. The Hall–Kier alpha value is -2.22. The summed E-state index contributed by atoms with van der Waals surface area (Å²) in [7, 11) is 2.04. The molecule has 96 valence electrons. The van der Waals surface area contributed by atoms with E-state index in [1.54, 1.807) is 0 Å². The molecule has 1 aliphatic heterocycles. The van der Waals surface area contributed by atoms with E-state index < -0.39 is 0 Å². The molecule has 0 saturated heterocycles. The Labute approximate surface area is 113 Å². The number of hydrogen-bond donors (Lipinski definition) is 0. The van der Waals surface area contributed by atoms with Gasteiger partial charge in [-0.3, -0.25) is 0 Å². The van der Waals surface area contributed by atoms with Crippen LogP contribution in [0, 0.1) is 0 Å². The molecule has 0 atom stereocenters. The molecule has 0 fully saturated rings.